The SMILES string of the molecule is COC(=O)[C@@H]1C[C@@H]2CCCC[C@@H]2N1CC(=O)Nc1cccc(Cl)c1Cl. The monoisotopic (exact) mass is 384 g/mol. The summed E-state index contributed by atoms with van der Waals surface area (Å²) in [6.07, 6.45) is 5.21. The van der Waals surface area contributed by atoms with Crippen molar-refractivity contribution in [2.24, 2.45) is 5.92 Å². The molecule has 0 radical (unpaired) electrons. The number of carbonyl (C=O) groups excluding carboxylic acids is 2. The first kappa shape index (κ1) is 18.5. The van der Waals surface area contributed by atoms with Gasteiger partial charge in [0.25, 0.3) is 0 Å². The summed E-state index contributed by atoms with van der Waals surface area (Å²) in [6.45, 7) is 0.143. The van der Waals surface area contributed by atoms with E-state index in [0.29, 0.717) is 21.7 Å². The normalized spacial score (nSPS) is 26.1. The first-order chi connectivity index (χ1) is 12.0. The molecule has 1 aromatic carbocycles. The van der Waals surface area contributed by atoms with Crippen LogP contribution in [0.5, 0.6) is 0 Å². The van der Waals surface area contributed by atoms with Gasteiger partial charge in [-0.3, -0.25) is 14.5 Å². The second-order valence-electron chi connectivity index (χ2n) is 6.71. The van der Waals surface area contributed by atoms with E-state index in [2.05, 4.69) is 5.32 Å². The summed E-state index contributed by atoms with van der Waals surface area (Å²) in [5.41, 5.74) is 0.480. The Labute approximate surface area is 157 Å². The van der Waals surface area contributed by atoms with E-state index in [-0.39, 0.29) is 30.5 Å². The maximum atomic E-state index is 12.6. The molecular weight excluding hydrogens is 363 g/mol. The largest absolute Gasteiger partial charge is 0.468 e. The summed E-state index contributed by atoms with van der Waals surface area (Å²) in [5, 5.41) is 3.51. The number of amides is 1. The highest BCUT2D eigenvalue weighted by molar-refractivity contribution is 6.44. The Kier molecular flexibility index (Phi) is 5.87. The van der Waals surface area contributed by atoms with E-state index in [1.165, 1.54) is 13.5 Å². The number of hydrogen-bond acceptors (Lipinski definition) is 4. The lowest BCUT2D eigenvalue weighted by Gasteiger charge is -2.32. The fourth-order valence-electron chi connectivity index (χ4n) is 4.10. The number of rotatable bonds is 4. The van der Waals surface area contributed by atoms with E-state index < -0.39 is 0 Å². The molecule has 7 heteroatoms. The third kappa shape index (κ3) is 3.94. The molecule has 1 amide bonds. The van der Waals surface area contributed by atoms with Crippen LogP contribution in [-0.4, -0.2) is 42.5 Å². The molecule has 1 aliphatic heterocycles. The molecular formula is C18H22Cl2N2O3. The maximum Gasteiger partial charge on any atom is 0.323 e. The van der Waals surface area contributed by atoms with Crippen LogP contribution >= 0.6 is 23.2 Å². The number of benzene rings is 1. The van der Waals surface area contributed by atoms with Crippen LogP contribution in [0.1, 0.15) is 32.1 Å². The van der Waals surface area contributed by atoms with Gasteiger partial charge in [-0.15, -0.1) is 0 Å². The quantitative estimate of drug-likeness (QED) is 0.803. The van der Waals surface area contributed by atoms with Crippen molar-refractivity contribution in [1.82, 2.24) is 4.90 Å². The van der Waals surface area contributed by atoms with Gasteiger partial charge in [0.2, 0.25) is 5.91 Å². The number of carbonyl (C=O) groups is 2. The lowest BCUT2D eigenvalue weighted by Crippen LogP contribution is -2.46. The summed E-state index contributed by atoms with van der Waals surface area (Å²) in [4.78, 5) is 26.7. The van der Waals surface area contributed by atoms with Crippen molar-refractivity contribution in [3.63, 3.8) is 0 Å². The minimum Gasteiger partial charge on any atom is -0.468 e. The number of fused-ring (bicyclic) bond motifs is 1. The van der Waals surface area contributed by atoms with Crippen molar-refractivity contribution in [1.29, 1.82) is 0 Å². The minimum absolute atomic E-state index is 0.143. The topological polar surface area (TPSA) is 58.6 Å². The first-order valence-corrected chi connectivity index (χ1v) is 9.34. The molecule has 1 N–H and O–H groups in total. The van der Waals surface area contributed by atoms with E-state index in [0.717, 1.165) is 25.7 Å². The van der Waals surface area contributed by atoms with E-state index in [1.54, 1.807) is 18.2 Å². The minimum atomic E-state index is -0.348. The average molecular weight is 385 g/mol. The smallest absolute Gasteiger partial charge is 0.323 e. The highest BCUT2D eigenvalue weighted by atomic mass is 35.5. The molecule has 0 aromatic heterocycles. The Hall–Kier alpha value is -1.30. The Balaban J connectivity index is 1.72. The van der Waals surface area contributed by atoms with Crippen LogP contribution in [0.3, 0.4) is 0 Å². The molecule has 5 nitrogen and oxygen atoms in total. The lowest BCUT2D eigenvalue weighted by atomic mass is 9.85. The summed E-state index contributed by atoms with van der Waals surface area (Å²) < 4.78 is 4.95. The van der Waals surface area contributed by atoms with Crippen LogP contribution in [0.2, 0.25) is 10.0 Å². The molecule has 1 aromatic rings. The Bertz CT molecular complexity index is 668. The van der Waals surface area contributed by atoms with Crippen LogP contribution in [0.4, 0.5) is 5.69 Å². The maximum absolute atomic E-state index is 12.6. The number of hydrogen-bond donors (Lipinski definition) is 1. The third-order valence-electron chi connectivity index (χ3n) is 5.25. The zero-order valence-electron chi connectivity index (χ0n) is 14.1. The van der Waals surface area contributed by atoms with Gasteiger partial charge in [0.1, 0.15) is 6.04 Å². The first-order valence-electron chi connectivity index (χ1n) is 8.58. The Morgan fingerprint density at radius 2 is 2.04 bits per heavy atom. The van der Waals surface area contributed by atoms with Crippen LogP contribution in [0, 0.1) is 5.92 Å². The molecule has 3 rings (SSSR count). The van der Waals surface area contributed by atoms with E-state index in [9.17, 15) is 9.59 Å². The molecule has 1 heterocycles. The molecule has 1 aliphatic carbocycles. The number of esters is 1. The fraction of sp³-hybridized carbons (Fsp3) is 0.556. The van der Waals surface area contributed by atoms with Gasteiger partial charge in [-0.05, 0) is 37.3 Å². The van der Waals surface area contributed by atoms with Crippen molar-refractivity contribution < 1.29 is 14.3 Å². The Morgan fingerprint density at radius 3 is 2.80 bits per heavy atom. The second kappa shape index (κ2) is 7.94. The molecule has 0 bridgehead atoms. The number of ether oxygens (including phenoxy) is 1. The van der Waals surface area contributed by atoms with E-state index in [1.807, 2.05) is 4.90 Å². The van der Waals surface area contributed by atoms with Gasteiger partial charge >= 0.3 is 5.97 Å². The van der Waals surface area contributed by atoms with E-state index >= 15 is 0 Å². The van der Waals surface area contributed by atoms with Gasteiger partial charge in [-0.25, -0.2) is 0 Å². The lowest BCUT2D eigenvalue weighted by molar-refractivity contribution is -0.146. The Morgan fingerprint density at radius 1 is 1.28 bits per heavy atom. The predicted molar refractivity (Wildman–Crippen MR) is 98.0 cm³/mol. The van der Waals surface area contributed by atoms with Gasteiger partial charge < -0.3 is 10.1 Å². The molecule has 2 aliphatic rings. The molecule has 3 atom stereocenters. The summed E-state index contributed by atoms with van der Waals surface area (Å²) in [5.74, 6) is -0.00677. The number of anilines is 1. The molecule has 0 spiro atoms. The molecule has 1 saturated heterocycles. The summed E-state index contributed by atoms with van der Waals surface area (Å²) >= 11 is 12.1. The predicted octanol–water partition coefficient (Wildman–Crippen LogP) is 3.74. The second-order valence-corrected chi connectivity index (χ2v) is 7.49. The number of halogens is 2. The van der Waals surface area contributed by atoms with Crippen molar-refractivity contribution in [3.05, 3.63) is 28.2 Å². The number of likely N-dealkylation sites (tertiary alicyclic amines) is 1. The highest BCUT2D eigenvalue weighted by Gasteiger charge is 2.46. The van der Waals surface area contributed by atoms with Crippen molar-refractivity contribution >= 4 is 40.8 Å². The van der Waals surface area contributed by atoms with Crippen LogP contribution in [-0.2, 0) is 14.3 Å². The van der Waals surface area contributed by atoms with Crippen LogP contribution < -0.4 is 5.32 Å². The van der Waals surface area contributed by atoms with Gasteiger partial charge in [0.15, 0.2) is 0 Å². The van der Waals surface area contributed by atoms with Crippen LogP contribution in [0.15, 0.2) is 18.2 Å². The fourth-order valence-corrected chi connectivity index (χ4v) is 4.45. The van der Waals surface area contributed by atoms with Crippen LogP contribution in [0.25, 0.3) is 0 Å². The van der Waals surface area contributed by atoms with Crippen molar-refractivity contribution in [2.45, 2.75) is 44.2 Å². The summed E-state index contributed by atoms with van der Waals surface area (Å²) in [6, 6.07) is 5.02. The van der Waals surface area contributed by atoms with Gasteiger partial charge in [-0.2, -0.15) is 0 Å². The zero-order chi connectivity index (χ0) is 18.0. The molecule has 136 valence electrons. The molecule has 25 heavy (non-hydrogen) atoms. The molecule has 1 saturated carbocycles. The van der Waals surface area contributed by atoms with Crippen molar-refractivity contribution in [2.75, 3.05) is 19.0 Å². The number of methoxy groups -OCH3 is 1. The molecule has 2 fully saturated rings. The van der Waals surface area contributed by atoms with E-state index in [4.69, 9.17) is 27.9 Å². The number of nitrogens with one attached hydrogen (secondary N) is 1. The zero-order valence-corrected chi connectivity index (χ0v) is 15.6. The number of nitrogens with zero attached hydrogens (tertiary/aromatic N) is 1. The third-order valence-corrected chi connectivity index (χ3v) is 6.07. The standard InChI is InChI=1S/C18H22Cl2N2O3/c1-25-18(24)15-9-11-5-2-3-8-14(11)22(15)10-16(23)21-13-7-4-6-12(19)17(13)20/h4,6-7,11,14-15H,2-3,5,8-10H2,1H3,(H,21,23)/t11-,14-,15-/m0/s1. The van der Waals surface area contributed by atoms with Crippen molar-refractivity contribution in [3.8, 4) is 0 Å². The summed E-state index contributed by atoms with van der Waals surface area (Å²) in [7, 11) is 1.40. The highest BCUT2D eigenvalue weighted by Crippen LogP contribution is 2.40. The van der Waals surface area contributed by atoms with Gasteiger partial charge in [0, 0.05) is 6.04 Å². The van der Waals surface area contributed by atoms with Gasteiger partial charge in [-0.1, -0.05) is 42.1 Å². The molecule has 0 unspecified atom stereocenters. The average Bonchev–Trinajstić information content (AvgIpc) is 2.97. The van der Waals surface area contributed by atoms with Gasteiger partial charge in [0.05, 0.1) is 29.4 Å².